The van der Waals surface area contributed by atoms with Gasteiger partial charge in [0.25, 0.3) is 11.1 Å². The number of anilines is 1. The average molecular weight is 500 g/mol. The second-order valence-corrected chi connectivity index (χ2v) is 8.61. The fourth-order valence-electron chi connectivity index (χ4n) is 3.09. The van der Waals surface area contributed by atoms with Crippen LogP contribution < -0.4 is 14.4 Å². The molecule has 0 spiro atoms. The lowest BCUT2D eigenvalue weighted by Crippen LogP contribution is -2.27. The van der Waals surface area contributed by atoms with Crippen molar-refractivity contribution in [1.82, 2.24) is 0 Å². The van der Waals surface area contributed by atoms with Gasteiger partial charge >= 0.3 is 5.97 Å². The Morgan fingerprint density at radius 2 is 1.73 bits per heavy atom. The number of nitrogens with zero attached hydrogens (tertiary/aromatic N) is 1. The van der Waals surface area contributed by atoms with Gasteiger partial charge in [0.1, 0.15) is 0 Å². The molecule has 0 unspecified atom stereocenters. The fourth-order valence-corrected chi connectivity index (χ4v) is 4.41. The molecule has 166 valence electrons. The van der Waals surface area contributed by atoms with E-state index in [9.17, 15) is 14.4 Å². The van der Waals surface area contributed by atoms with Gasteiger partial charge in [0.2, 0.25) is 0 Å². The predicted octanol–water partition coefficient (Wildman–Crippen LogP) is 6.46. The highest BCUT2D eigenvalue weighted by Crippen LogP contribution is 2.37. The van der Waals surface area contributed by atoms with Gasteiger partial charge < -0.3 is 9.47 Å². The van der Waals surface area contributed by atoms with Gasteiger partial charge in [-0.1, -0.05) is 47.5 Å². The quantitative estimate of drug-likeness (QED) is 0.227. The molecular weight excluding hydrogens is 485 g/mol. The summed E-state index contributed by atoms with van der Waals surface area (Å²) in [7, 11) is 1.43. The molecular formula is C24H15Cl2NO5S. The Labute approximate surface area is 203 Å². The number of amides is 2. The number of carbonyl (C=O) groups is 3. The van der Waals surface area contributed by atoms with Crippen LogP contribution in [0, 0.1) is 0 Å². The van der Waals surface area contributed by atoms with Crippen LogP contribution in [0.15, 0.2) is 71.6 Å². The van der Waals surface area contributed by atoms with Crippen molar-refractivity contribution in [1.29, 1.82) is 0 Å². The van der Waals surface area contributed by atoms with E-state index in [1.807, 2.05) is 0 Å². The van der Waals surface area contributed by atoms with E-state index in [2.05, 4.69) is 0 Å². The normalized spacial score (nSPS) is 14.6. The smallest absolute Gasteiger partial charge is 0.345 e. The molecule has 1 fully saturated rings. The molecule has 0 radical (unpaired) electrons. The first-order valence-corrected chi connectivity index (χ1v) is 11.1. The van der Waals surface area contributed by atoms with Crippen LogP contribution in [0.1, 0.15) is 15.9 Å². The summed E-state index contributed by atoms with van der Waals surface area (Å²) in [5, 5.41) is 0.183. The molecule has 0 saturated carbocycles. The SMILES string of the molecule is COc1cc(C=C2SC(=O)N(c3ccccc3)C2=O)ccc1OC(=O)c1ccc(Cl)cc1Cl. The van der Waals surface area contributed by atoms with Crippen LogP contribution in [0.4, 0.5) is 10.5 Å². The molecule has 6 nitrogen and oxygen atoms in total. The summed E-state index contributed by atoms with van der Waals surface area (Å²) in [4.78, 5) is 39.1. The predicted molar refractivity (Wildman–Crippen MR) is 129 cm³/mol. The molecule has 3 aromatic rings. The number of thioether (sulfide) groups is 1. The number of benzene rings is 3. The van der Waals surface area contributed by atoms with Crippen molar-refractivity contribution in [3.8, 4) is 11.5 Å². The largest absolute Gasteiger partial charge is 0.493 e. The van der Waals surface area contributed by atoms with Crippen LogP contribution in [-0.2, 0) is 4.79 Å². The van der Waals surface area contributed by atoms with Crippen molar-refractivity contribution in [2.75, 3.05) is 12.0 Å². The third-order valence-electron chi connectivity index (χ3n) is 4.65. The zero-order chi connectivity index (χ0) is 23.5. The minimum Gasteiger partial charge on any atom is -0.493 e. The van der Waals surface area contributed by atoms with E-state index in [0.29, 0.717) is 16.3 Å². The van der Waals surface area contributed by atoms with E-state index in [1.54, 1.807) is 48.5 Å². The molecule has 1 aliphatic rings. The maximum atomic E-state index is 12.8. The summed E-state index contributed by atoms with van der Waals surface area (Å²) in [6.45, 7) is 0. The molecule has 0 N–H and O–H groups in total. The van der Waals surface area contributed by atoms with Gasteiger partial charge in [0, 0.05) is 5.02 Å². The summed E-state index contributed by atoms with van der Waals surface area (Å²) in [6, 6.07) is 17.9. The summed E-state index contributed by atoms with van der Waals surface area (Å²) in [5.41, 5.74) is 1.25. The lowest BCUT2D eigenvalue weighted by Gasteiger charge is -2.12. The Bertz CT molecular complexity index is 1290. The zero-order valence-electron chi connectivity index (χ0n) is 17.1. The Kier molecular flexibility index (Phi) is 6.74. The number of ether oxygens (including phenoxy) is 2. The molecule has 4 rings (SSSR count). The number of carbonyl (C=O) groups excluding carboxylic acids is 3. The lowest BCUT2D eigenvalue weighted by molar-refractivity contribution is -0.113. The number of methoxy groups -OCH3 is 1. The first kappa shape index (κ1) is 22.9. The molecule has 9 heteroatoms. The minimum absolute atomic E-state index is 0.154. The molecule has 3 aromatic carbocycles. The van der Waals surface area contributed by atoms with Crippen molar-refractivity contribution in [3.63, 3.8) is 0 Å². The highest BCUT2D eigenvalue weighted by atomic mass is 35.5. The number of para-hydroxylation sites is 1. The van der Waals surface area contributed by atoms with E-state index in [4.69, 9.17) is 32.7 Å². The Balaban J connectivity index is 1.57. The Morgan fingerprint density at radius 3 is 2.42 bits per heavy atom. The molecule has 0 atom stereocenters. The van der Waals surface area contributed by atoms with Crippen LogP contribution in [0.2, 0.25) is 10.0 Å². The number of hydrogen-bond acceptors (Lipinski definition) is 6. The molecule has 1 heterocycles. The van der Waals surface area contributed by atoms with Crippen molar-refractivity contribution < 1.29 is 23.9 Å². The third-order valence-corrected chi connectivity index (χ3v) is 6.06. The summed E-state index contributed by atoms with van der Waals surface area (Å²) in [5.74, 6) is -0.651. The van der Waals surface area contributed by atoms with Crippen molar-refractivity contribution >= 4 is 63.8 Å². The van der Waals surface area contributed by atoms with E-state index in [0.717, 1.165) is 16.7 Å². The summed E-state index contributed by atoms with van der Waals surface area (Å²) in [6.07, 6.45) is 1.58. The van der Waals surface area contributed by atoms with Gasteiger partial charge in [0.05, 0.1) is 28.3 Å². The molecule has 2 amide bonds. The fraction of sp³-hybridized carbons (Fsp3) is 0.0417. The maximum absolute atomic E-state index is 12.8. The minimum atomic E-state index is -0.674. The van der Waals surface area contributed by atoms with Gasteiger partial charge in [-0.25, -0.2) is 9.69 Å². The first-order chi connectivity index (χ1) is 15.9. The number of imide groups is 1. The number of hydrogen-bond donors (Lipinski definition) is 0. The number of esters is 1. The van der Waals surface area contributed by atoms with E-state index < -0.39 is 11.9 Å². The topological polar surface area (TPSA) is 72.9 Å². The number of halogens is 2. The van der Waals surface area contributed by atoms with Crippen LogP contribution in [0.3, 0.4) is 0 Å². The highest BCUT2D eigenvalue weighted by Gasteiger charge is 2.36. The van der Waals surface area contributed by atoms with Crippen molar-refractivity contribution in [3.05, 3.63) is 92.8 Å². The zero-order valence-corrected chi connectivity index (χ0v) is 19.4. The average Bonchev–Trinajstić information content (AvgIpc) is 3.07. The third kappa shape index (κ3) is 4.90. The molecule has 1 saturated heterocycles. The lowest BCUT2D eigenvalue weighted by atomic mass is 10.1. The monoisotopic (exact) mass is 499 g/mol. The van der Waals surface area contributed by atoms with E-state index in [-0.39, 0.29) is 32.2 Å². The van der Waals surface area contributed by atoms with Crippen LogP contribution in [-0.4, -0.2) is 24.2 Å². The molecule has 0 bridgehead atoms. The molecule has 0 aliphatic carbocycles. The standard InChI is InChI=1S/C24H15Cl2NO5S/c1-31-20-11-14(7-10-19(20)32-23(29)17-9-8-15(25)13-18(17)26)12-21-22(28)27(24(30)33-21)16-5-3-2-4-6-16/h2-13H,1H3. The summed E-state index contributed by atoms with van der Waals surface area (Å²) >= 11 is 12.8. The van der Waals surface area contributed by atoms with Crippen LogP contribution in [0.25, 0.3) is 6.08 Å². The van der Waals surface area contributed by atoms with Crippen LogP contribution >= 0.6 is 35.0 Å². The Hall–Kier alpha value is -3.26. The van der Waals surface area contributed by atoms with Crippen molar-refractivity contribution in [2.45, 2.75) is 0 Å². The maximum Gasteiger partial charge on any atom is 0.345 e. The molecule has 1 aliphatic heterocycles. The Morgan fingerprint density at radius 1 is 0.970 bits per heavy atom. The second-order valence-electron chi connectivity index (χ2n) is 6.78. The summed E-state index contributed by atoms with van der Waals surface area (Å²) < 4.78 is 10.8. The number of rotatable bonds is 5. The first-order valence-electron chi connectivity index (χ1n) is 9.55. The van der Waals surface area contributed by atoms with Gasteiger partial charge in [-0.15, -0.1) is 0 Å². The highest BCUT2D eigenvalue weighted by molar-refractivity contribution is 8.19. The van der Waals surface area contributed by atoms with E-state index in [1.165, 1.54) is 31.4 Å². The van der Waals surface area contributed by atoms with Gasteiger partial charge in [-0.3, -0.25) is 9.59 Å². The van der Waals surface area contributed by atoms with Crippen LogP contribution in [0.5, 0.6) is 11.5 Å². The second kappa shape index (κ2) is 9.70. The van der Waals surface area contributed by atoms with Gasteiger partial charge in [-0.2, -0.15) is 0 Å². The van der Waals surface area contributed by atoms with Gasteiger partial charge in [-0.05, 0) is 65.9 Å². The van der Waals surface area contributed by atoms with Gasteiger partial charge in [0.15, 0.2) is 11.5 Å². The van der Waals surface area contributed by atoms with E-state index >= 15 is 0 Å². The van der Waals surface area contributed by atoms with Crippen molar-refractivity contribution in [2.24, 2.45) is 0 Å². The molecule has 0 aromatic heterocycles. The molecule has 33 heavy (non-hydrogen) atoms.